The maximum absolute atomic E-state index is 12.6. The van der Waals surface area contributed by atoms with Crippen molar-refractivity contribution in [2.45, 2.75) is 53.4 Å². The summed E-state index contributed by atoms with van der Waals surface area (Å²) in [6.07, 6.45) is -1.47. The van der Waals surface area contributed by atoms with Gasteiger partial charge in [-0.25, -0.2) is 8.78 Å². The highest BCUT2D eigenvalue weighted by Crippen LogP contribution is 2.29. The lowest BCUT2D eigenvalue weighted by Crippen LogP contribution is -1.98. The molecule has 0 saturated heterocycles. The summed E-state index contributed by atoms with van der Waals surface area (Å²) in [6, 6.07) is 5.23. The predicted octanol–water partition coefficient (Wildman–Crippen LogP) is 5.34. The molecule has 0 bridgehead atoms. The molecule has 0 saturated carbocycles. The van der Waals surface area contributed by atoms with Crippen LogP contribution >= 0.6 is 0 Å². The SMILES string of the molecule is CC.CCc1ccc(C(F)F)c(C(C)C)c1. The number of rotatable bonds is 3. The molecule has 0 fully saturated rings. The van der Waals surface area contributed by atoms with Crippen LogP contribution in [0.25, 0.3) is 0 Å². The summed E-state index contributed by atoms with van der Waals surface area (Å²) in [6.45, 7) is 9.92. The maximum Gasteiger partial charge on any atom is 0.264 e. The number of benzene rings is 1. The molecule has 1 aromatic rings. The molecule has 0 spiro atoms. The van der Waals surface area contributed by atoms with Crippen LogP contribution in [-0.4, -0.2) is 0 Å². The van der Waals surface area contributed by atoms with E-state index < -0.39 is 6.43 Å². The van der Waals surface area contributed by atoms with Crippen LogP contribution < -0.4 is 0 Å². The zero-order chi connectivity index (χ0) is 12.7. The Bertz CT molecular complexity index is 304. The molecule has 0 heterocycles. The second-order valence-electron chi connectivity index (χ2n) is 3.77. The minimum absolute atomic E-state index is 0.158. The smallest absolute Gasteiger partial charge is 0.205 e. The number of hydrogen-bond donors (Lipinski definition) is 0. The van der Waals surface area contributed by atoms with Crippen molar-refractivity contribution in [3.05, 3.63) is 34.9 Å². The number of alkyl halides is 2. The first-order chi connectivity index (χ1) is 7.56. The largest absolute Gasteiger partial charge is 0.264 e. The Kier molecular flexibility index (Phi) is 6.95. The molecule has 0 aromatic heterocycles. The Morgan fingerprint density at radius 3 is 2.00 bits per heavy atom. The third-order valence-electron chi connectivity index (χ3n) is 2.42. The molecule has 92 valence electrons. The van der Waals surface area contributed by atoms with E-state index in [1.807, 2.05) is 40.7 Å². The van der Waals surface area contributed by atoms with Gasteiger partial charge in [-0.1, -0.05) is 52.8 Å². The number of aryl methyl sites for hydroxylation is 1. The van der Waals surface area contributed by atoms with Crippen LogP contribution in [0.2, 0.25) is 0 Å². The Hall–Kier alpha value is -0.920. The summed E-state index contributed by atoms with van der Waals surface area (Å²) >= 11 is 0. The molecule has 0 amide bonds. The summed E-state index contributed by atoms with van der Waals surface area (Å²) in [5.41, 5.74) is 2.08. The molecule has 0 atom stereocenters. The Balaban J connectivity index is 0.00000106. The van der Waals surface area contributed by atoms with Gasteiger partial charge >= 0.3 is 0 Å². The van der Waals surface area contributed by atoms with Crippen LogP contribution in [0.15, 0.2) is 18.2 Å². The number of hydrogen-bond acceptors (Lipinski definition) is 0. The highest BCUT2D eigenvalue weighted by Gasteiger charge is 2.14. The first-order valence-corrected chi connectivity index (χ1v) is 5.97. The molecule has 0 N–H and O–H groups in total. The van der Waals surface area contributed by atoms with Crippen molar-refractivity contribution in [2.75, 3.05) is 0 Å². The van der Waals surface area contributed by atoms with Gasteiger partial charge < -0.3 is 0 Å². The Labute approximate surface area is 97.7 Å². The highest BCUT2D eigenvalue weighted by molar-refractivity contribution is 5.35. The second-order valence-corrected chi connectivity index (χ2v) is 3.77. The van der Waals surface area contributed by atoms with E-state index >= 15 is 0 Å². The summed E-state index contributed by atoms with van der Waals surface area (Å²) in [4.78, 5) is 0. The fourth-order valence-electron chi connectivity index (χ4n) is 1.54. The fourth-order valence-corrected chi connectivity index (χ4v) is 1.54. The van der Waals surface area contributed by atoms with Crippen LogP contribution in [0.3, 0.4) is 0 Å². The molecule has 0 aliphatic carbocycles. The van der Waals surface area contributed by atoms with Crippen molar-refractivity contribution < 1.29 is 8.78 Å². The zero-order valence-electron chi connectivity index (χ0n) is 10.8. The van der Waals surface area contributed by atoms with Crippen molar-refractivity contribution in [3.63, 3.8) is 0 Å². The second kappa shape index (κ2) is 7.37. The molecular weight excluding hydrogens is 206 g/mol. The minimum atomic E-state index is -2.36. The van der Waals surface area contributed by atoms with Crippen molar-refractivity contribution in [3.8, 4) is 0 Å². The van der Waals surface area contributed by atoms with E-state index in [4.69, 9.17) is 0 Å². The molecular formula is C14H22F2. The average Bonchev–Trinajstić information content (AvgIpc) is 2.30. The van der Waals surface area contributed by atoms with Crippen LogP contribution in [0, 0.1) is 0 Å². The first-order valence-electron chi connectivity index (χ1n) is 5.97. The average molecular weight is 228 g/mol. The van der Waals surface area contributed by atoms with E-state index in [-0.39, 0.29) is 11.5 Å². The van der Waals surface area contributed by atoms with Gasteiger partial charge in [0.2, 0.25) is 0 Å². The lowest BCUT2D eigenvalue weighted by molar-refractivity contribution is 0.150. The number of halogens is 2. The van der Waals surface area contributed by atoms with Crippen LogP contribution in [-0.2, 0) is 6.42 Å². The normalized spacial score (nSPS) is 10.3. The molecule has 0 radical (unpaired) electrons. The highest BCUT2D eigenvalue weighted by atomic mass is 19.3. The molecule has 0 aliphatic heterocycles. The van der Waals surface area contributed by atoms with E-state index in [0.29, 0.717) is 0 Å². The molecule has 16 heavy (non-hydrogen) atoms. The fraction of sp³-hybridized carbons (Fsp3) is 0.571. The van der Waals surface area contributed by atoms with Crippen molar-refractivity contribution in [2.24, 2.45) is 0 Å². The van der Waals surface area contributed by atoms with Gasteiger partial charge in [0, 0.05) is 5.56 Å². The van der Waals surface area contributed by atoms with Gasteiger partial charge in [0.25, 0.3) is 6.43 Å². The van der Waals surface area contributed by atoms with Crippen molar-refractivity contribution >= 4 is 0 Å². The summed E-state index contributed by atoms with van der Waals surface area (Å²) in [5.74, 6) is 0.158. The zero-order valence-corrected chi connectivity index (χ0v) is 10.8. The monoisotopic (exact) mass is 228 g/mol. The maximum atomic E-state index is 12.6. The van der Waals surface area contributed by atoms with Gasteiger partial charge in [0.05, 0.1) is 0 Å². The van der Waals surface area contributed by atoms with Gasteiger partial charge in [-0.3, -0.25) is 0 Å². The summed E-state index contributed by atoms with van der Waals surface area (Å²) in [7, 11) is 0. The molecule has 0 unspecified atom stereocenters. The van der Waals surface area contributed by atoms with E-state index in [9.17, 15) is 8.78 Å². The molecule has 2 heteroatoms. The lowest BCUT2D eigenvalue weighted by atomic mass is 9.94. The van der Waals surface area contributed by atoms with Gasteiger partial charge in [-0.05, 0) is 23.5 Å². The van der Waals surface area contributed by atoms with Crippen LogP contribution in [0.4, 0.5) is 8.78 Å². The lowest BCUT2D eigenvalue weighted by Gasteiger charge is -2.13. The molecule has 1 rings (SSSR count). The van der Waals surface area contributed by atoms with Crippen molar-refractivity contribution in [1.29, 1.82) is 0 Å². The van der Waals surface area contributed by atoms with Gasteiger partial charge in [-0.15, -0.1) is 0 Å². The summed E-state index contributed by atoms with van der Waals surface area (Å²) < 4.78 is 25.2. The predicted molar refractivity (Wildman–Crippen MR) is 66.2 cm³/mol. The topological polar surface area (TPSA) is 0 Å². The van der Waals surface area contributed by atoms with Gasteiger partial charge in [0.1, 0.15) is 0 Å². The van der Waals surface area contributed by atoms with Gasteiger partial charge in [-0.2, -0.15) is 0 Å². The Morgan fingerprint density at radius 2 is 1.62 bits per heavy atom. The standard InChI is InChI=1S/C12H16F2.C2H6/c1-4-9-5-6-10(12(13)14)11(7-9)8(2)3;1-2/h5-8,12H,4H2,1-3H3;1-2H3. The first kappa shape index (κ1) is 15.1. The van der Waals surface area contributed by atoms with E-state index in [1.54, 1.807) is 12.1 Å². The van der Waals surface area contributed by atoms with E-state index in [0.717, 1.165) is 17.5 Å². The minimum Gasteiger partial charge on any atom is -0.205 e. The quantitative estimate of drug-likeness (QED) is 0.655. The molecule has 0 aliphatic rings. The third kappa shape index (κ3) is 3.92. The molecule has 1 aromatic carbocycles. The van der Waals surface area contributed by atoms with Crippen molar-refractivity contribution in [1.82, 2.24) is 0 Å². The van der Waals surface area contributed by atoms with Crippen LogP contribution in [0.5, 0.6) is 0 Å². The van der Waals surface area contributed by atoms with Gasteiger partial charge in [0.15, 0.2) is 0 Å². The van der Waals surface area contributed by atoms with E-state index in [2.05, 4.69) is 0 Å². The van der Waals surface area contributed by atoms with E-state index in [1.165, 1.54) is 0 Å². The Morgan fingerprint density at radius 1 is 1.06 bits per heavy atom. The molecule has 0 nitrogen and oxygen atoms in total. The summed E-state index contributed by atoms with van der Waals surface area (Å²) in [5, 5.41) is 0. The third-order valence-corrected chi connectivity index (χ3v) is 2.42. The van der Waals surface area contributed by atoms with Crippen LogP contribution in [0.1, 0.15) is 63.7 Å².